The number of hydrogen-bond acceptors (Lipinski definition) is 2. The van der Waals surface area contributed by atoms with Gasteiger partial charge in [-0.3, -0.25) is 0 Å². The molecule has 2 aliphatic rings. The van der Waals surface area contributed by atoms with Crippen molar-refractivity contribution in [3.05, 3.63) is 121 Å². The van der Waals surface area contributed by atoms with Crippen molar-refractivity contribution in [3.8, 4) is 52.9 Å². The second kappa shape index (κ2) is 8.23. The van der Waals surface area contributed by atoms with Gasteiger partial charge in [0.15, 0.2) is 0 Å². The van der Waals surface area contributed by atoms with Crippen LogP contribution in [0.25, 0.3) is 52.9 Å². The van der Waals surface area contributed by atoms with Gasteiger partial charge in [0.25, 0.3) is 0 Å². The predicted molar refractivity (Wildman–Crippen MR) is 141 cm³/mol. The van der Waals surface area contributed by atoms with E-state index in [1.54, 1.807) is 0 Å². The zero-order chi connectivity index (χ0) is 21.3. The van der Waals surface area contributed by atoms with E-state index in [1.165, 1.54) is 52.9 Å². The van der Waals surface area contributed by atoms with Gasteiger partial charge in [-0.1, -0.05) is 91.0 Å². The van der Waals surface area contributed by atoms with Gasteiger partial charge >= 0.3 is 0 Å². The van der Waals surface area contributed by atoms with E-state index in [0.717, 1.165) is 0 Å². The maximum Gasteiger partial charge on any atom is 0.0355 e. The molecule has 0 N–H and O–H groups in total. The lowest BCUT2D eigenvalue weighted by Crippen LogP contribution is -1.72. The smallest absolute Gasteiger partial charge is 0.0355 e. The summed E-state index contributed by atoms with van der Waals surface area (Å²) in [5.74, 6) is 0. The van der Waals surface area contributed by atoms with Gasteiger partial charge in [0.05, 0.1) is 0 Å². The molecular formula is C30H20S2. The SMILES string of the molecule is c1ccc(-c2ccc(-c3cc(-c4ccc(-c5ccccc5)s4)c4cccccc3-4)s2)cc1. The van der Waals surface area contributed by atoms with Crippen molar-refractivity contribution in [3.63, 3.8) is 0 Å². The Morgan fingerprint density at radius 1 is 0.312 bits per heavy atom. The van der Waals surface area contributed by atoms with E-state index in [9.17, 15) is 0 Å². The van der Waals surface area contributed by atoms with E-state index in [0.29, 0.717) is 0 Å². The molecule has 2 aliphatic carbocycles. The lowest BCUT2D eigenvalue weighted by atomic mass is 10.1. The van der Waals surface area contributed by atoms with Gasteiger partial charge in [-0.15, -0.1) is 22.7 Å². The highest BCUT2D eigenvalue weighted by Gasteiger charge is 2.20. The van der Waals surface area contributed by atoms with Crippen molar-refractivity contribution in [1.29, 1.82) is 0 Å². The molecule has 2 heteroatoms. The van der Waals surface area contributed by atoms with Crippen LogP contribution in [0.1, 0.15) is 0 Å². The highest BCUT2D eigenvalue weighted by atomic mass is 32.1. The van der Waals surface area contributed by atoms with Crippen LogP contribution in [0.5, 0.6) is 0 Å². The highest BCUT2D eigenvalue weighted by molar-refractivity contribution is 7.19. The van der Waals surface area contributed by atoms with E-state index in [2.05, 4.69) is 121 Å². The van der Waals surface area contributed by atoms with E-state index >= 15 is 0 Å². The topological polar surface area (TPSA) is 0 Å². The average molecular weight is 445 g/mol. The van der Waals surface area contributed by atoms with Crippen molar-refractivity contribution >= 4 is 22.7 Å². The first-order chi connectivity index (χ1) is 15.9. The van der Waals surface area contributed by atoms with Gasteiger partial charge in [-0.2, -0.15) is 0 Å². The molecule has 0 bridgehead atoms. The van der Waals surface area contributed by atoms with Crippen LogP contribution in [-0.4, -0.2) is 0 Å². The molecule has 0 amide bonds. The molecule has 0 atom stereocenters. The molecule has 0 spiro atoms. The van der Waals surface area contributed by atoms with Gasteiger partial charge < -0.3 is 0 Å². The summed E-state index contributed by atoms with van der Waals surface area (Å²) in [6.45, 7) is 0. The first-order valence-electron chi connectivity index (χ1n) is 10.7. The standard InChI is InChI=1S/C30H20S2/c1-4-10-21(11-5-1)27-16-18-29(31-27)25-20-26(24-15-9-3-8-14-23(24)25)30-19-17-28(32-30)22-12-6-2-7-13-22/h1-20H. The van der Waals surface area contributed by atoms with Crippen LogP contribution in [0.3, 0.4) is 0 Å². The second-order valence-corrected chi connectivity index (χ2v) is 9.94. The third kappa shape index (κ3) is 3.48. The predicted octanol–water partition coefficient (Wildman–Crippen LogP) is 9.58. The quantitative estimate of drug-likeness (QED) is 0.254. The largest absolute Gasteiger partial charge is 0.135 e. The Morgan fingerprint density at radius 3 is 1.12 bits per heavy atom. The van der Waals surface area contributed by atoms with Crippen molar-refractivity contribution in [2.75, 3.05) is 0 Å². The molecule has 2 aromatic heterocycles. The summed E-state index contributed by atoms with van der Waals surface area (Å²) in [5.41, 5.74) is 7.79. The maximum atomic E-state index is 2.38. The van der Waals surface area contributed by atoms with Gasteiger partial charge in [0.2, 0.25) is 0 Å². The van der Waals surface area contributed by atoms with Crippen LogP contribution >= 0.6 is 22.7 Å². The van der Waals surface area contributed by atoms with Crippen LogP contribution < -0.4 is 0 Å². The summed E-state index contributed by atoms with van der Waals surface area (Å²) in [6, 6.07) is 43.6. The second-order valence-electron chi connectivity index (χ2n) is 7.77. The molecule has 32 heavy (non-hydrogen) atoms. The number of thiophene rings is 2. The monoisotopic (exact) mass is 444 g/mol. The Kier molecular flexibility index (Phi) is 4.95. The summed E-state index contributed by atoms with van der Waals surface area (Å²) >= 11 is 3.73. The molecule has 0 saturated heterocycles. The molecule has 0 nitrogen and oxygen atoms in total. The summed E-state index contributed by atoms with van der Waals surface area (Å²) in [7, 11) is 0. The zero-order valence-electron chi connectivity index (χ0n) is 17.4. The molecule has 0 saturated carbocycles. The van der Waals surface area contributed by atoms with Crippen molar-refractivity contribution in [2.24, 2.45) is 0 Å². The third-order valence-electron chi connectivity index (χ3n) is 5.77. The van der Waals surface area contributed by atoms with Crippen LogP contribution in [0.15, 0.2) is 121 Å². The van der Waals surface area contributed by atoms with Gasteiger partial charge in [-0.25, -0.2) is 0 Å². The molecule has 2 heterocycles. The molecule has 6 rings (SSSR count). The summed E-state index contributed by atoms with van der Waals surface area (Å²) in [5, 5.41) is 0. The molecular weight excluding hydrogens is 424 g/mol. The molecule has 4 aromatic rings. The summed E-state index contributed by atoms with van der Waals surface area (Å²) in [4.78, 5) is 5.23. The average Bonchev–Trinajstić information content (AvgIpc) is 3.56. The summed E-state index contributed by atoms with van der Waals surface area (Å²) < 4.78 is 0. The lowest BCUT2D eigenvalue weighted by Gasteiger charge is -2.00. The van der Waals surface area contributed by atoms with Crippen LogP contribution in [-0.2, 0) is 0 Å². The fraction of sp³-hybridized carbons (Fsp3) is 0. The first-order valence-corrected chi connectivity index (χ1v) is 12.3. The zero-order valence-corrected chi connectivity index (χ0v) is 19.0. The third-order valence-corrected chi connectivity index (χ3v) is 8.10. The minimum absolute atomic E-state index is 1.27. The molecule has 0 aliphatic heterocycles. The number of fused-ring (bicyclic) bond motifs is 1. The Hall–Kier alpha value is -3.46. The van der Waals surface area contributed by atoms with E-state index in [-0.39, 0.29) is 0 Å². The van der Waals surface area contributed by atoms with Crippen molar-refractivity contribution in [2.45, 2.75) is 0 Å². The Balaban J connectivity index is 1.47. The molecule has 0 radical (unpaired) electrons. The Bertz CT molecular complexity index is 1350. The van der Waals surface area contributed by atoms with Crippen LogP contribution in [0.4, 0.5) is 0 Å². The summed E-state index contributed by atoms with van der Waals surface area (Å²) in [6.07, 6.45) is 0. The fourth-order valence-electron chi connectivity index (χ4n) is 4.20. The van der Waals surface area contributed by atoms with Crippen molar-refractivity contribution < 1.29 is 0 Å². The van der Waals surface area contributed by atoms with Crippen LogP contribution in [0.2, 0.25) is 0 Å². The van der Waals surface area contributed by atoms with E-state index < -0.39 is 0 Å². The Morgan fingerprint density at radius 2 is 0.688 bits per heavy atom. The normalized spacial score (nSPS) is 11.1. The first kappa shape index (κ1) is 19.2. The maximum absolute atomic E-state index is 2.38. The van der Waals surface area contributed by atoms with Crippen molar-refractivity contribution in [1.82, 2.24) is 0 Å². The van der Waals surface area contributed by atoms with E-state index in [4.69, 9.17) is 0 Å². The molecule has 2 aromatic carbocycles. The minimum atomic E-state index is 1.27. The molecule has 0 fully saturated rings. The highest BCUT2D eigenvalue weighted by Crippen LogP contribution is 2.48. The van der Waals surface area contributed by atoms with Gasteiger partial charge in [-0.05, 0) is 52.6 Å². The number of hydrogen-bond donors (Lipinski definition) is 0. The van der Waals surface area contributed by atoms with Gasteiger partial charge in [0.1, 0.15) is 0 Å². The van der Waals surface area contributed by atoms with Crippen LogP contribution in [0, 0.1) is 0 Å². The minimum Gasteiger partial charge on any atom is -0.135 e. The molecule has 152 valence electrons. The Labute approximate surface area is 196 Å². The molecule has 0 unspecified atom stereocenters. The van der Waals surface area contributed by atoms with E-state index in [1.807, 2.05) is 22.7 Å². The van der Waals surface area contributed by atoms with Gasteiger partial charge in [0, 0.05) is 30.6 Å². The fourth-order valence-corrected chi connectivity index (χ4v) is 6.29. The number of benzene rings is 2. The lowest BCUT2D eigenvalue weighted by molar-refractivity contribution is 1.70. The number of rotatable bonds is 4.